The van der Waals surface area contributed by atoms with Gasteiger partial charge in [0.25, 0.3) is 0 Å². The summed E-state index contributed by atoms with van der Waals surface area (Å²) in [5.74, 6) is 0. The lowest BCUT2D eigenvalue weighted by molar-refractivity contribution is 0.0244. The molecule has 2 unspecified atom stereocenters. The van der Waals surface area contributed by atoms with E-state index >= 15 is 0 Å². The summed E-state index contributed by atoms with van der Waals surface area (Å²) < 4.78 is 0. The van der Waals surface area contributed by atoms with Gasteiger partial charge < -0.3 is 15.9 Å². The summed E-state index contributed by atoms with van der Waals surface area (Å²) >= 11 is 0. The van der Waals surface area contributed by atoms with Gasteiger partial charge in [-0.3, -0.25) is 0 Å². The van der Waals surface area contributed by atoms with Gasteiger partial charge in [0.05, 0.1) is 12.6 Å². The average molecular weight is 208 g/mol. The molecule has 2 atom stereocenters. The maximum absolute atomic E-state index is 9.63. The maximum Gasteiger partial charge on any atom is 0.105 e. The molecule has 15 heavy (non-hydrogen) atoms. The third-order valence-electron chi connectivity index (χ3n) is 1.97. The zero-order chi connectivity index (χ0) is 11.3. The summed E-state index contributed by atoms with van der Waals surface area (Å²) in [5.41, 5.74) is 14.6. The first kappa shape index (κ1) is 11.3. The Hall–Kier alpha value is -1.75. The molecule has 0 spiro atoms. The van der Waals surface area contributed by atoms with Gasteiger partial charge in [-0.15, -0.1) is 0 Å². The van der Waals surface area contributed by atoms with Crippen molar-refractivity contribution in [1.29, 1.82) is 0 Å². The number of rotatable bonds is 4. The number of nitrogen functional groups attached to an aromatic ring is 1. The van der Waals surface area contributed by atoms with Gasteiger partial charge in [-0.05, 0) is 23.2 Å². The third-order valence-corrected chi connectivity index (χ3v) is 1.97. The van der Waals surface area contributed by atoms with E-state index in [2.05, 4.69) is 10.0 Å². The molecule has 0 aliphatic carbocycles. The lowest BCUT2D eigenvalue weighted by Gasteiger charge is -2.16. The Morgan fingerprint density at radius 1 is 1.33 bits per heavy atom. The quantitative estimate of drug-likeness (QED) is 0.296. The Bertz CT molecular complexity index is 359. The molecule has 0 saturated carbocycles. The summed E-state index contributed by atoms with van der Waals surface area (Å²) in [6.45, 7) is -0.165. The molecule has 0 aromatic heterocycles. The number of nitrogens with two attached hydrogens (primary N) is 1. The van der Waals surface area contributed by atoms with E-state index in [1.807, 2.05) is 0 Å². The van der Waals surface area contributed by atoms with Crippen molar-refractivity contribution in [2.24, 2.45) is 5.11 Å². The number of aliphatic hydroxyl groups excluding tert-OH is 2. The second kappa shape index (κ2) is 5.21. The molecule has 0 amide bonds. The summed E-state index contributed by atoms with van der Waals surface area (Å²) in [5, 5.41) is 22.2. The van der Waals surface area contributed by atoms with Crippen LogP contribution in [0.4, 0.5) is 5.69 Å². The van der Waals surface area contributed by atoms with Crippen molar-refractivity contribution in [1.82, 2.24) is 0 Å². The molecule has 6 heteroatoms. The molecule has 0 saturated heterocycles. The van der Waals surface area contributed by atoms with Gasteiger partial charge in [-0.25, -0.2) is 0 Å². The van der Waals surface area contributed by atoms with Crippen molar-refractivity contribution in [2.45, 2.75) is 12.2 Å². The van der Waals surface area contributed by atoms with E-state index in [9.17, 15) is 10.2 Å². The standard InChI is InChI=1S/C9H12N4O2/c10-7-3-1-6(2-4-7)9(15)8(14)5-12-13-11/h1-4,8-9,14-15H,5,10H2. The molecule has 0 bridgehead atoms. The predicted molar refractivity (Wildman–Crippen MR) is 55.8 cm³/mol. The molecule has 0 fully saturated rings. The van der Waals surface area contributed by atoms with Crippen LogP contribution in [0.25, 0.3) is 10.4 Å². The van der Waals surface area contributed by atoms with Crippen molar-refractivity contribution >= 4 is 5.69 Å². The fourth-order valence-corrected chi connectivity index (χ4v) is 1.14. The first-order chi connectivity index (χ1) is 7.15. The minimum atomic E-state index is -1.11. The Morgan fingerprint density at radius 3 is 2.47 bits per heavy atom. The molecule has 0 aliphatic rings. The van der Waals surface area contributed by atoms with E-state index in [0.29, 0.717) is 11.3 Å². The largest absolute Gasteiger partial charge is 0.399 e. The average Bonchev–Trinajstić information content (AvgIpc) is 2.26. The molecule has 6 nitrogen and oxygen atoms in total. The van der Waals surface area contributed by atoms with Gasteiger partial charge in [0.1, 0.15) is 6.10 Å². The van der Waals surface area contributed by atoms with Gasteiger partial charge in [-0.1, -0.05) is 17.2 Å². The van der Waals surface area contributed by atoms with Crippen LogP contribution < -0.4 is 5.73 Å². The van der Waals surface area contributed by atoms with Crippen LogP contribution in [-0.2, 0) is 0 Å². The normalized spacial score (nSPS) is 14.0. The van der Waals surface area contributed by atoms with Crippen LogP contribution in [0.1, 0.15) is 11.7 Å². The zero-order valence-electron chi connectivity index (χ0n) is 7.98. The Morgan fingerprint density at radius 2 is 1.93 bits per heavy atom. The van der Waals surface area contributed by atoms with Gasteiger partial charge in [0.15, 0.2) is 0 Å². The van der Waals surface area contributed by atoms with Gasteiger partial charge in [0.2, 0.25) is 0 Å². The van der Waals surface area contributed by atoms with Crippen molar-refractivity contribution in [2.75, 3.05) is 12.3 Å². The number of aliphatic hydroxyl groups is 2. The van der Waals surface area contributed by atoms with Gasteiger partial charge >= 0.3 is 0 Å². The number of benzene rings is 1. The monoisotopic (exact) mass is 208 g/mol. The fourth-order valence-electron chi connectivity index (χ4n) is 1.14. The Kier molecular flexibility index (Phi) is 3.93. The van der Waals surface area contributed by atoms with E-state index in [1.54, 1.807) is 24.3 Å². The molecule has 1 aromatic rings. The smallest absolute Gasteiger partial charge is 0.105 e. The highest BCUT2D eigenvalue weighted by atomic mass is 16.3. The number of hydrogen-bond acceptors (Lipinski definition) is 4. The van der Waals surface area contributed by atoms with Gasteiger partial charge in [0, 0.05) is 10.6 Å². The second-order valence-corrected chi connectivity index (χ2v) is 3.09. The Labute approximate surface area is 86.6 Å². The van der Waals surface area contributed by atoms with Crippen LogP contribution in [0, 0.1) is 0 Å². The maximum atomic E-state index is 9.63. The van der Waals surface area contributed by atoms with Crippen LogP contribution in [0.2, 0.25) is 0 Å². The molecular weight excluding hydrogens is 196 g/mol. The van der Waals surface area contributed by atoms with Crippen molar-refractivity contribution in [3.05, 3.63) is 40.3 Å². The van der Waals surface area contributed by atoms with Crippen LogP contribution in [0.5, 0.6) is 0 Å². The number of nitrogens with zero attached hydrogens (tertiary/aromatic N) is 3. The van der Waals surface area contributed by atoms with Crippen LogP contribution >= 0.6 is 0 Å². The van der Waals surface area contributed by atoms with E-state index in [4.69, 9.17) is 11.3 Å². The van der Waals surface area contributed by atoms with E-state index in [0.717, 1.165) is 0 Å². The molecule has 80 valence electrons. The SMILES string of the molecule is [N-]=[N+]=NCC(O)C(O)c1ccc(N)cc1. The lowest BCUT2D eigenvalue weighted by Crippen LogP contribution is -2.21. The minimum absolute atomic E-state index is 0.165. The first-order valence-electron chi connectivity index (χ1n) is 4.37. The highest BCUT2D eigenvalue weighted by Gasteiger charge is 2.16. The van der Waals surface area contributed by atoms with Crippen molar-refractivity contribution < 1.29 is 10.2 Å². The molecule has 0 heterocycles. The molecule has 0 aliphatic heterocycles. The van der Waals surface area contributed by atoms with Crippen LogP contribution in [-0.4, -0.2) is 22.9 Å². The second-order valence-electron chi connectivity index (χ2n) is 3.09. The van der Waals surface area contributed by atoms with Crippen LogP contribution in [0.3, 0.4) is 0 Å². The van der Waals surface area contributed by atoms with E-state index in [1.165, 1.54) is 0 Å². The van der Waals surface area contributed by atoms with E-state index in [-0.39, 0.29) is 6.54 Å². The topological polar surface area (TPSA) is 115 Å². The lowest BCUT2D eigenvalue weighted by atomic mass is 10.0. The number of anilines is 1. The van der Waals surface area contributed by atoms with Crippen molar-refractivity contribution in [3.8, 4) is 0 Å². The summed E-state index contributed by atoms with van der Waals surface area (Å²) in [4.78, 5) is 2.50. The predicted octanol–water partition coefficient (Wildman–Crippen LogP) is 0.973. The zero-order valence-corrected chi connectivity index (χ0v) is 7.98. The highest BCUT2D eigenvalue weighted by Crippen LogP contribution is 2.18. The fraction of sp³-hybridized carbons (Fsp3) is 0.333. The number of hydrogen-bond donors (Lipinski definition) is 3. The summed E-state index contributed by atoms with van der Waals surface area (Å²) in [6, 6.07) is 6.47. The minimum Gasteiger partial charge on any atom is -0.399 e. The van der Waals surface area contributed by atoms with Gasteiger partial charge in [-0.2, -0.15) is 0 Å². The molecule has 1 aromatic carbocycles. The van der Waals surface area contributed by atoms with E-state index < -0.39 is 12.2 Å². The molecule has 1 rings (SSSR count). The highest BCUT2D eigenvalue weighted by molar-refractivity contribution is 5.40. The third kappa shape index (κ3) is 3.14. The van der Waals surface area contributed by atoms with Crippen molar-refractivity contribution in [3.63, 3.8) is 0 Å². The molecule has 4 N–H and O–H groups in total. The summed E-state index contributed by atoms with van der Waals surface area (Å²) in [7, 11) is 0. The molecule has 0 radical (unpaired) electrons. The Balaban J connectivity index is 2.70. The number of azide groups is 1. The van der Waals surface area contributed by atoms with Crippen LogP contribution in [0.15, 0.2) is 29.4 Å². The first-order valence-corrected chi connectivity index (χ1v) is 4.37. The molecular formula is C9H12N4O2. The summed E-state index contributed by atoms with van der Waals surface area (Å²) in [6.07, 6.45) is -2.18.